The molecular formula is C25H37F3N4O2. The van der Waals surface area contributed by atoms with E-state index in [1.807, 2.05) is 9.80 Å². The van der Waals surface area contributed by atoms with Gasteiger partial charge in [0, 0.05) is 51.1 Å². The third kappa shape index (κ3) is 5.20. The second-order valence-electron chi connectivity index (χ2n) is 10.5. The minimum Gasteiger partial charge on any atom is -0.381 e. The minimum atomic E-state index is -4.39. The van der Waals surface area contributed by atoms with Crippen LogP contribution in [0.15, 0.2) is 18.3 Å². The highest BCUT2D eigenvalue weighted by Crippen LogP contribution is 2.46. The van der Waals surface area contributed by atoms with E-state index in [1.54, 1.807) is 0 Å². The van der Waals surface area contributed by atoms with Crippen LogP contribution < -0.4 is 10.2 Å². The molecule has 4 unspecified atom stereocenters. The number of nitrogens with zero attached hydrogens (tertiary/aromatic N) is 3. The summed E-state index contributed by atoms with van der Waals surface area (Å²) < 4.78 is 44.8. The summed E-state index contributed by atoms with van der Waals surface area (Å²) in [6.45, 7) is 10.0. The van der Waals surface area contributed by atoms with Crippen LogP contribution in [0.25, 0.3) is 0 Å². The fourth-order valence-corrected chi connectivity index (χ4v) is 5.84. The van der Waals surface area contributed by atoms with Crippen molar-refractivity contribution in [2.24, 2.45) is 17.3 Å². The van der Waals surface area contributed by atoms with Crippen LogP contribution in [-0.4, -0.2) is 67.3 Å². The van der Waals surface area contributed by atoms with E-state index in [9.17, 15) is 18.0 Å². The van der Waals surface area contributed by atoms with Gasteiger partial charge in [-0.05, 0) is 49.7 Å². The van der Waals surface area contributed by atoms with Crippen molar-refractivity contribution in [2.45, 2.75) is 64.7 Å². The van der Waals surface area contributed by atoms with E-state index < -0.39 is 11.7 Å². The van der Waals surface area contributed by atoms with Crippen molar-refractivity contribution in [2.75, 3.05) is 44.3 Å². The molecule has 34 heavy (non-hydrogen) atoms. The summed E-state index contributed by atoms with van der Waals surface area (Å²) >= 11 is 0. The number of alkyl halides is 3. The lowest BCUT2D eigenvalue weighted by Crippen LogP contribution is -2.54. The highest BCUT2D eigenvalue weighted by molar-refractivity contribution is 5.84. The maximum absolute atomic E-state index is 13.8. The van der Waals surface area contributed by atoms with Crippen molar-refractivity contribution >= 4 is 11.7 Å². The van der Waals surface area contributed by atoms with Crippen molar-refractivity contribution in [1.29, 1.82) is 0 Å². The summed E-state index contributed by atoms with van der Waals surface area (Å²) in [5.74, 6) is 1.21. The first-order valence-corrected chi connectivity index (χ1v) is 12.5. The molecule has 2 saturated heterocycles. The Morgan fingerprint density at radius 2 is 1.97 bits per heavy atom. The van der Waals surface area contributed by atoms with Crippen LogP contribution in [0, 0.1) is 17.3 Å². The average Bonchev–Trinajstić information content (AvgIpc) is 3.25. The van der Waals surface area contributed by atoms with Gasteiger partial charge < -0.3 is 19.9 Å². The first-order valence-electron chi connectivity index (χ1n) is 12.5. The Bertz CT molecular complexity index is 857. The molecule has 3 aliphatic rings. The summed E-state index contributed by atoms with van der Waals surface area (Å²) in [6.07, 6.45) is 0.508. The van der Waals surface area contributed by atoms with Crippen molar-refractivity contribution in [1.82, 2.24) is 15.2 Å². The molecule has 1 amide bonds. The summed E-state index contributed by atoms with van der Waals surface area (Å²) in [6, 6.07) is 2.84. The van der Waals surface area contributed by atoms with Crippen LogP contribution in [-0.2, 0) is 15.7 Å². The number of hydrogen-bond acceptors (Lipinski definition) is 5. The van der Waals surface area contributed by atoms with Crippen LogP contribution >= 0.6 is 0 Å². The van der Waals surface area contributed by atoms with Crippen LogP contribution in [0.5, 0.6) is 0 Å². The van der Waals surface area contributed by atoms with Crippen LogP contribution in [0.1, 0.15) is 52.0 Å². The number of carbonyl (C=O) groups excluding carboxylic acids is 1. The Labute approximate surface area is 200 Å². The van der Waals surface area contributed by atoms with Gasteiger partial charge in [0.1, 0.15) is 5.82 Å². The van der Waals surface area contributed by atoms with Gasteiger partial charge in [-0.15, -0.1) is 0 Å². The average molecular weight is 483 g/mol. The molecule has 3 fully saturated rings. The summed E-state index contributed by atoms with van der Waals surface area (Å²) in [5.41, 5.74) is -1.08. The standard InChI is InChI=1S/C25H37F3N4O2/c1-17(2)24(7-4-20(15-24)30-21-6-13-34-16-18(21)3)23(33)32-11-9-31(10-12-32)22-14-19(5-8-29-22)25(26,27)28/h5,8,14,17-18,20-21,30H,4,6-7,9-13,15-16H2,1-3H3. The van der Waals surface area contributed by atoms with Crippen molar-refractivity contribution in [3.8, 4) is 0 Å². The fraction of sp³-hybridized carbons (Fsp3) is 0.760. The fourth-order valence-electron chi connectivity index (χ4n) is 5.84. The zero-order valence-corrected chi connectivity index (χ0v) is 20.4. The SMILES string of the molecule is CC1COCCC1NC1CCC(C(=O)N2CCN(c3cc(C(F)(F)F)ccn3)CC2)(C(C)C)C1. The second kappa shape index (κ2) is 10.0. The third-order valence-electron chi connectivity index (χ3n) is 8.13. The molecular weight excluding hydrogens is 445 g/mol. The van der Waals surface area contributed by atoms with Gasteiger partial charge in [0.2, 0.25) is 5.91 Å². The number of halogens is 3. The molecule has 0 aromatic carbocycles. The van der Waals surface area contributed by atoms with Gasteiger partial charge in [0.25, 0.3) is 0 Å². The van der Waals surface area contributed by atoms with Gasteiger partial charge in [-0.1, -0.05) is 20.8 Å². The van der Waals surface area contributed by atoms with Gasteiger partial charge in [0.05, 0.1) is 17.6 Å². The van der Waals surface area contributed by atoms with Gasteiger partial charge in [-0.2, -0.15) is 13.2 Å². The number of pyridine rings is 1. The number of rotatable bonds is 5. The van der Waals surface area contributed by atoms with E-state index in [-0.39, 0.29) is 17.2 Å². The predicted octanol–water partition coefficient (Wildman–Crippen LogP) is 3.96. The van der Waals surface area contributed by atoms with Gasteiger partial charge in [-0.3, -0.25) is 4.79 Å². The number of nitrogens with one attached hydrogen (secondary N) is 1. The lowest BCUT2D eigenvalue weighted by Gasteiger charge is -2.42. The van der Waals surface area contributed by atoms with Gasteiger partial charge in [-0.25, -0.2) is 4.98 Å². The van der Waals surface area contributed by atoms with E-state index in [4.69, 9.17) is 4.74 Å². The van der Waals surface area contributed by atoms with Crippen LogP contribution in [0.2, 0.25) is 0 Å². The molecule has 9 heteroatoms. The molecule has 2 aliphatic heterocycles. The quantitative estimate of drug-likeness (QED) is 0.689. The Morgan fingerprint density at radius 1 is 1.24 bits per heavy atom. The summed E-state index contributed by atoms with van der Waals surface area (Å²) in [5, 5.41) is 3.82. The molecule has 0 bridgehead atoms. The largest absolute Gasteiger partial charge is 0.416 e. The monoisotopic (exact) mass is 482 g/mol. The molecule has 3 heterocycles. The van der Waals surface area contributed by atoms with Crippen LogP contribution in [0.4, 0.5) is 19.0 Å². The Hall–Kier alpha value is -1.87. The van der Waals surface area contributed by atoms with E-state index in [1.165, 1.54) is 6.20 Å². The number of hydrogen-bond donors (Lipinski definition) is 1. The third-order valence-corrected chi connectivity index (χ3v) is 8.13. The normalized spacial score (nSPS) is 30.7. The summed E-state index contributed by atoms with van der Waals surface area (Å²) in [7, 11) is 0. The highest BCUT2D eigenvalue weighted by atomic mass is 19.4. The van der Waals surface area contributed by atoms with E-state index in [0.717, 1.165) is 51.0 Å². The molecule has 1 aliphatic carbocycles. The Kier molecular flexibility index (Phi) is 7.43. The first kappa shape index (κ1) is 25.2. The number of ether oxygens (including phenoxy) is 1. The van der Waals surface area contributed by atoms with E-state index in [0.29, 0.717) is 50.0 Å². The number of piperazine rings is 1. The number of amides is 1. The molecule has 1 aromatic heterocycles. The van der Waals surface area contributed by atoms with Crippen LogP contribution in [0.3, 0.4) is 0 Å². The molecule has 1 aromatic rings. The zero-order chi connectivity index (χ0) is 24.5. The molecule has 190 valence electrons. The minimum absolute atomic E-state index is 0.198. The van der Waals surface area contributed by atoms with Gasteiger partial charge >= 0.3 is 6.18 Å². The smallest absolute Gasteiger partial charge is 0.381 e. The molecule has 1 N–H and O–H groups in total. The van der Waals surface area contributed by atoms with Gasteiger partial charge in [0.15, 0.2) is 0 Å². The maximum Gasteiger partial charge on any atom is 0.416 e. The topological polar surface area (TPSA) is 57.7 Å². The number of aromatic nitrogens is 1. The Morgan fingerprint density at radius 3 is 2.62 bits per heavy atom. The molecule has 1 saturated carbocycles. The predicted molar refractivity (Wildman–Crippen MR) is 124 cm³/mol. The molecule has 0 spiro atoms. The maximum atomic E-state index is 13.8. The molecule has 4 rings (SSSR count). The van der Waals surface area contributed by atoms with Crippen molar-refractivity contribution in [3.63, 3.8) is 0 Å². The molecule has 4 atom stereocenters. The van der Waals surface area contributed by atoms with E-state index in [2.05, 4.69) is 31.1 Å². The van der Waals surface area contributed by atoms with E-state index >= 15 is 0 Å². The lowest BCUT2D eigenvalue weighted by atomic mass is 9.74. The first-order chi connectivity index (χ1) is 16.1. The van der Waals surface area contributed by atoms with Crippen molar-refractivity contribution in [3.05, 3.63) is 23.9 Å². The Balaban J connectivity index is 1.38. The number of anilines is 1. The summed E-state index contributed by atoms with van der Waals surface area (Å²) in [4.78, 5) is 21.7. The second-order valence-corrected chi connectivity index (χ2v) is 10.5. The lowest BCUT2D eigenvalue weighted by molar-refractivity contribution is -0.145. The molecule has 0 radical (unpaired) electrons. The highest BCUT2D eigenvalue weighted by Gasteiger charge is 2.50. The zero-order valence-electron chi connectivity index (χ0n) is 20.4. The molecule has 6 nitrogen and oxygen atoms in total. The van der Waals surface area contributed by atoms with Crippen molar-refractivity contribution < 1.29 is 22.7 Å². The number of carbonyl (C=O) groups is 1.